The smallest absolute Gasteiger partial charge is 0.304 e. The molecular formula is C16H15ClN6O3. The first-order valence-corrected chi connectivity index (χ1v) is 8.02. The summed E-state index contributed by atoms with van der Waals surface area (Å²) in [7, 11) is 0. The summed E-state index contributed by atoms with van der Waals surface area (Å²) in [5.74, 6) is 0.463. The van der Waals surface area contributed by atoms with Crippen LogP contribution in [0, 0.1) is 0 Å². The molecule has 1 aromatic carbocycles. The van der Waals surface area contributed by atoms with Crippen LogP contribution >= 0.6 is 11.6 Å². The molecule has 26 heavy (non-hydrogen) atoms. The van der Waals surface area contributed by atoms with Gasteiger partial charge in [0.05, 0.1) is 18.0 Å². The second-order valence-corrected chi connectivity index (χ2v) is 5.90. The average Bonchev–Trinajstić information content (AvgIpc) is 3.05. The van der Waals surface area contributed by atoms with Gasteiger partial charge in [0.2, 0.25) is 11.7 Å². The third-order valence-corrected chi connectivity index (χ3v) is 3.55. The number of hydrogen-bond acceptors (Lipinski definition) is 7. The lowest BCUT2D eigenvalue weighted by atomic mass is 10.2. The van der Waals surface area contributed by atoms with Crippen LogP contribution in [-0.2, 0) is 11.3 Å². The molecular weight excluding hydrogens is 360 g/mol. The van der Waals surface area contributed by atoms with E-state index in [1.807, 2.05) is 0 Å². The van der Waals surface area contributed by atoms with E-state index >= 15 is 0 Å². The Bertz CT molecular complexity index is 882. The standard InChI is InChI=1S/C16H15ClN6O3/c17-11-3-6-14(19-8-11)26-13-4-1-10(2-5-13)16-20-22-23(21-16)9-12(18)7-15(24)25/h1-6,8,12H,7,9,18H2,(H,24,25)/t12-/m1/s1. The molecule has 0 bridgehead atoms. The van der Waals surface area contributed by atoms with Gasteiger partial charge in [-0.15, -0.1) is 10.2 Å². The van der Waals surface area contributed by atoms with Crippen molar-refractivity contribution in [3.8, 4) is 23.0 Å². The molecule has 2 heterocycles. The van der Waals surface area contributed by atoms with Gasteiger partial charge in [0.1, 0.15) is 5.75 Å². The molecule has 3 rings (SSSR count). The number of halogens is 1. The Labute approximate surface area is 153 Å². The molecule has 134 valence electrons. The summed E-state index contributed by atoms with van der Waals surface area (Å²) in [6, 6.07) is 9.84. The van der Waals surface area contributed by atoms with Crippen molar-refractivity contribution in [2.75, 3.05) is 0 Å². The summed E-state index contributed by atoms with van der Waals surface area (Å²) in [6.45, 7) is 0.169. The number of carboxylic acid groups (broad SMARTS) is 1. The molecule has 0 amide bonds. The number of rotatable bonds is 7. The zero-order valence-electron chi connectivity index (χ0n) is 13.5. The lowest BCUT2D eigenvalue weighted by Crippen LogP contribution is -2.30. The van der Waals surface area contributed by atoms with E-state index in [1.54, 1.807) is 36.4 Å². The third kappa shape index (κ3) is 4.74. The highest BCUT2D eigenvalue weighted by molar-refractivity contribution is 6.30. The number of nitrogens with zero attached hydrogens (tertiary/aromatic N) is 5. The Morgan fingerprint density at radius 3 is 2.69 bits per heavy atom. The quantitative estimate of drug-likeness (QED) is 0.642. The number of ether oxygens (including phenoxy) is 1. The van der Waals surface area contributed by atoms with E-state index in [2.05, 4.69) is 20.4 Å². The zero-order chi connectivity index (χ0) is 18.5. The van der Waals surface area contributed by atoms with Crippen LogP contribution in [0.3, 0.4) is 0 Å². The summed E-state index contributed by atoms with van der Waals surface area (Å²) in [4.78, 5) is 16.0. The van der Waals surface area contributed by atoms with Crippen LogP contribution in [0.15, 0.2) is 42.6 Å². The predicted octanol–water partition coefficient (Wildman–Crippen LogP) is 1.98. The Morgan fingerprint density at radius 1 is 1.27 bits per heavy atom. The maximum atomic E-state index is 10.6. The van der Waals surface area contributed by atoms with E-state index in [4.69, 9.17) is 27.2 Å². The van der Waals surface area contributed by atoms with Gasteiger partial charge >= 0.3 is 5.97 Å². The van der Waals surface area contributed by atoms with E-state index in [1.165, 1.54) is 11.0 Å². The highest BCUT2D eigenvalue weighted by atomic mass is 35.5. The number of pyridine rings is 1. The summed E-state index contributed by atoms with van der Waals surface area (Å²) in [5, 5.41) is 21.3. The minimum absolute atomic E-state index is 0.165. The maximum absolute atomic E-state index is 10.6. The molecule has 9 nitrogen and oxygen atoms in total. The molecule has 0 radical (unpaired) electrons. The molecule has 3 aromatic rings. The van der Waals surface area contributed by atoms with Crippen LogP contribution in [0.1, 0.15) is 6.42 Å². The number of carboxylic acids is 1. The van der Waals surface area contributed by atoms with Crippen molar-refractivity contribution in [3.05, 3.63) is 47.6 Å². The van der Waals surface area contributed by atoms with Gasteiger partial charge in [-0.1, -0.05) is 11.6 Å². The van der Waals surface area contributed by atoms with Gasteiger partial charge in [-0.05, 0) is 35.5 Å². The van der Waals surface area contributed by atoms with Gasteiger partial charge in [-0.25, -0.2) is 4.98 Å². The van der Waals surface area contributed by atoms with Gasteiger partial charge in [-0.2, -0.15) is 4.80 Å². The lowest BCUT2D eigenvalue weighted by Gasteiger charge is -2.06. The molecule has 0 aliphatic heterocycles. The largest absolute Gasteiger partial charge is 0.481 e. The van der Waals surface area contributed by atoms with Crippen molar-refractivity contribution in [1.82, 2.24) is 25.2 Å². The van der Waals surface area contributed by atoms with E-state index < -0.39 is 12.0 Å². The first-order chi connectivity index (χ1) is 12.5. The Kier molecular flexibility index (Phi) is 5.40. The Morgan fingerprint density at radius 2 is 2.04 bits per heavy atom. The molecule has 2 aromatic heterocycles. The van der Waals surface area contributed by atoms with E-state index in [-0.39, 0.29) is 13.0 Å². The summed E-state index contributed by atoms with van der Waals surface area (Å²) in [6.07, 6.45) is 1.34. The fourth-order valence-corrected chi connectivity index (χ4v) is 2.26. The van der Waals surface area contributed by atoms with Crippen molar-refractivity contribution in [2.24, 2.45) is 5.73 Å². The molecule has 3 N–H and O–H groups in total. The van der Waals surface area contributed by atoms with E-state index in [9.17, 15) is 4.79 Å². The number of aromatic nitrogens is 5. The number of carbonyl (C=O) groups is 1. The molecule has 0 aliphatic rings. The number of hydrogen-bond donors (Lipinski definition) is 2. The fraction of sp³-hybridized carbons (Fsp3) is 0.188. The van der Waals surface area contributed by atoms with Gasteiger partial charge < -0.3 is 15.6 Å². The van der Waals surface area contributed by atoms with Crippen LogP contribution in [0.4, 0.5) is 0 Å². The van der Waals surface area contributed by atoms with E-state index in [0.29, 0.717) is 22.5 Å². The molecule has 0 fully saturated rings. The lowest BCUT2D eigenvalue weighted by molar-refractivity contribution is -0.137. The summed E-state index contributed by atoms with van der Waals surface area (Å²) in [5.41, 5.74) is 6.45. The van der Waals surface area contributed by atoms with Gasteiger partial charge in [0.15, 0.2) is 0 Å². The molecule has 0 aliphatic carbocycles. The second-order valence-electron chi connectivity index (χ2n) is 5.47. The molecule has 0 saturated carbocycles. The van der Waals surface area contributed by atoms with Crippen LogP contribution in [0.2, 0.25) is 5.02 Å². The number of aliphatic carboxylic acids is 1. The fourth-order valence-electron chi connectivity index (χ4n) is 2.15. The van der Waals surface area contributed by atoms with Crippen LogP contribution in [0.5, 0.6) is 11.6 Å². The van der Waals surface area contributed by atoms with Gasteiger partial charge in [0, 0.05) is 23.9 Å². The SMILES string of the molecule is N[C@H](CC(=O)O)Cn1nnc(-c2ccc(Oc3ccc(Cl)cn3)cc2)n1. The molecule has 1 atom stereocenters. The maximum Gasteiger partial charge on any atom is 0.304 e. The van der Waals surface area contributed by atoms with Crippen molar-refractivity contribution >= 4 is 17.6 Å². The third-order valence-electron chi connectivity index (χ3n) is 3.32. The molecule has 0 unspecified atom stereocenters. The number of benzene rings is 1. The minimum Gasteiger partial charge on any atom is -0.481 e. The van der Waals surface area contributed by atoms with Crippen LogP contribution in [0.25, 0.3) is 11.4 Å². The highest BCUT2D eigenvalue weighted by Crippen LogP contribution is 2.23. The van der Waals surface area contributed by atoms with Gasteiger partial charge in [0.25, 0.3) is 0 Å². The number of nitrogens with two attached hydrogens (primary N) is 1. The normalized spacial score (nSPS) is 11.9. The van der Waals surface area contributed by atoms with Gasteiger partial charge in [-0.3, -0.25) is 4.79 Å². The monoisotopic (exact) mass is 374 g/mol. The van der Waals surface area contributed by atoms with Crippen molar-refractivity contribution in [3.63, 3.8) is 0 Å². The van der Waals surface area contributed by atoms with Crippen LogP contribution < -0.4 is 10.5 Å². The van der Waals surface area contributed by atoms with Crippen LogP contribution in [-0.4, -0.2) is 42.3 Å². The molecule has 10 heteroatoms. The minimum atomic E-state index is -0.969. The Balaban J connectivity index is 1.65. The zero-order valence-corrected chi connectivity index (χ0v) is 14.2. The topological polar surface area (TPSA) is 129 Å². The molecule has 0 spiro atoms. The van der Waals surface area contributed by atoms with Crippen molar-refractivity contribution in [1.29, 1.82) is 0 Å². The summed E-state index contributed by atoms with van der Waals surface area (Å²) >= 11 is 5.78. The second kappa shape index (κ2) is 7.89. The highest BCUT2D eigenvalue weighted by Gasteiger charge is 2.12. The first-order valence-electron chi connectivity index (χ1n) is 7.64. The number of tetrazole rings is 1. The predicted molar refractivity (Wildman–Crippen MR) is 92.8 cm³/mol. The van der Waals surface area contributed by atoms with Crippen molar-refractivity contribution in [2.45, 2.75) is 19.0 Å². The summed E-state index contributed by atoms with van der Waals surface area (Å²) < 4.78 is 5.62. The molecule has 0 saturated heterocycles. The first kappa shape index (κ1) is 17.8. The average molecular weight is 375 g/mol. The van der Waals surface area contributed by atoms with Crippen molar-refractivity contribution < 1.29 is 14.6 Å². The van der Waals surface area contributed by atoms with E-state index in [0.717, 1.165) is 5.56 Å². The Hall–Kier alpha value is -3.04.